The normalized spacial score (nSPS) is 13.8. The number of morpholine rings is 1. The second-order valence-corrected chi connectivity index (χ2v) is 8.99. The maximum Gasteiger partial charge on any atom is 0.259 e. The fourth-order valence-electron chi connectivity index (χ4n) is 3.96. The van der Waals surface area contributed by atoms with Crippen molar-refractivity contribution in [1.82, 2.24) is 4.57 Å². The largest absolute Gasteiger partial charge is 0.492 e. The first-order valence-electron chi connectivity index (χ1n) is 11.3. The summed E-state index contributed by atoms with van der Waals surface area (Å²) in [5.41, 5.74) is 3.21. The summed E-state index contributed by atoms with van der Waals surface area (Å²) in [7, 11) is 0. The first kappa shape index (κ1) is 23.2. The van der Waals surface area contributed by atoms with Crippen molar-refractivity contribution in [3.8, 4) is 16.5 Å². The molecule has 0 spiro atoms. The predicted octanol–water partition coefficient (Wildman–Crippen LogP) is 5.04. The van der Waals surface area contributed by atoms with Crippen molar-refractivity contribution < 1.29 is 19.0 Å². The summed E-state index contributed by atoms with van der Waals surface area (Å²) in [4.78, 5) is 16.9. The number of ether oxygens (including phenoxy) is 3. The molecule has 1 aliphatic heterocycles. The molecule has 1 N–H and O–H groups in total. The number of hydrogen-bond donors (Lipinski definition) is 1. The molecule has 4 rings (SSSR count). The molecule has 176 valence electrons. The van der Waals surface area contributed by atoms with Gasteiger partial charge in [-0.1, -0.05) is 0 Å². The number of aromatic nitrogens is 1. The molecule has 0 radical (unpaired) electrons. The summed E-state index contributed by atoms with van der Waals surface area (Å²) in [6.07, 6.45) is 3.91. The number of hydrogen-bond acceptors (Lipinski definition) is 6. The van der Waals surface area contributed by atoms with Crippen LogP contribution in [0.3, 0.4) is 0 Å². The molecular weight excluding hydrogens is 438 g/mol. The molecule has 0 unspecified atom stereocenters. The number of amides is 1. The van der Waals surface area contributed by atoms with Gasteiger partial charge in [0.25, 0.3) is 5.91 Å². The number of rotatable bonds is 8. The maximum absolute atomic E-state index is 13.5. The van der Waals surface area contributed by atoms with Gasteiger partial charge < -0.3 is 29.0 Å². The van der Waals surface area contributed by atoms with E-state index in [1.165, 1.54) is 0 Å². The Morgan fingerprint density at radius 1 is 1.06 bits per heavy atom. The van der Waals surface area contributed by atoms with Gasteiger partial charge in [-0.3, -0.25) is 4.79 Å². The SMILES string of the molecule is CCOc1cc(N2CCOCC2)c(OCC)cc1NC(=O)c1c(-n2cccc2)sc(C)c1C. The standard InChI is InChI=1S/C25H31N3O4S/c1-5-31-21-16-20(27-11-13-30-14-12-27)22(32-6-2)15-19(21)26-24(29)23-17(3)18(4)33-25(23)28-9-7-8-10-28/h7-10,15-16H,5-6,11-14H2,1-4H3,(H,26,29). The number of anilines is 2. The molecule has 2 aromatic heterocycles. The summed E-state index contributed by atoms with van der Waals surface area (Å²) >= 11 is 1.61. The number of nitrogens with zero attached hydrogens (tertiary/aromatic N) is 2. The first-order valence-corrected chi connectivity index (χ1v) is 12.2. The average Bonchev–Trinajstić information content (AvgIpc) is 3.45. The Morgan fingerprint density at radius 3 is 2.39 bits per heavy atom. The van der Waals surface area contributed by atoms with Crippen molar-refractivity contribution in [2.24, 2.45) is 0 Å². The van der Waals surface area contributed by atoms with Gasteiger partial charge in [-0.05, 0) is 45.4 Å². The summed E-state index contributed by atoms with van der Waals surface area (Å²) in [5, 5.41) is 4.01. The Hall–Kier alpha value is -2.97. The highest BCUT2D eigenvalue weighted by molar-refractivity contribution is 7.15. The monoisotopic (exact) mass is 469 g/mol. The summed E-state index contributed by atoms with van der Waals surface area (Å²) in [6.45, 7) is 11.9. The zero-order chi connectivity index (χ0) is 23.4. The van der Waals surface area contributed by atoms with Gasteiger partial charge >= 0.3 is 0 Å². The van der Waals surface area contributed by atoms with Gasteiger partial charge in [0.15, 0.2) is 0 Å². The topological polar surface area (TPSA) is 65.0 Å². The lowest BCUT2D eigenvalue weighted by Crippen LogP contribution is -2.36. The van der Waals surface area contributed by atoms with Crippen LogP contribution in [0.4, 0.5) is 11.4 Å². The number of benzene rings is 1. The first-order chi connectivity index (χ1) is 16.0. The van der Waals surface area contributed by atoms with E-state index >= 15 is 0 Å². The highest BCUT2D eigenvalue weighted by Crippen LogP contribution is 2.40. The van der Waals surface area contributed by atoms with Gasteiger partial charge in [-0.25, -0.2) is 0 Å². The number of carbonyl (C=O) groups is 1. The lowest BCUT2D eigenvalue weighted by molar-refractivity contribution is 0.102. The molecule has 0 aliphatic carbocycles. The number of carbonyl (C=O) groups excluding carboxylic acids is 1. The molecule has 33 heavy (non-hydrogen) atoms. The Labute approximate surface area is 198 Å². The minimum atomic E-state index is -0.164. The second kappa shape index (κ2) is 10.3. The van der Waals surface area contributed by atoms with E-state index < -0.39 is 0 Å². The van der Waals surface area contributed by atoms with Crippen LogP contribution < -0.4 is 19.7 Å². The zero-order valence-electron chi connectivity index (χ0n) is 19.6. The third-order valence-corrected chi connectivity index (χ3v) is 6.91. The van der Waals surface area contributed by atoms with Crippen LogP contribution in [0.15, 0.2) is 36.7 Å². The Kier molecular flexibility index (Phi) is 7.25. The molecule has 0 atom stereocenters. The molecular formula is C25H31N3O4S. The van der Waals surface area contributed by atoms with Crippen LogP contribution in [0.25, 0.3) is 5.00 Å². The molecule has 1 saturated heterocycles. The van der Waals surface area contributed by atoms with Crippen molar-refractivity contribution in [1.29, 1.82) is 0 Å². The van der Waals surface area contributed by atoms with Crippen LogP contribution in [-0.4, -0.2) is 50.0 Å². The molecule has 3 heterocycles. The average molecular weight is 470 g/mol. The molecule has 1 aliphatic rings. The Morgan fingerprint density at radius 2 is 1.73 bits per heavy atom. The summed E-state index contributed by atoms with van der Waals surface area (Å²) in [5.74, 6) is 1.19. The highest BCUT2D eigenvalue weighted by Gasteiger charge is 2.24. The molecule has 1 aromatic carbocycles. The van der Waals surface area contributed by atoms with Crippen LogP contribution in [0.1, 0.15) is 34.6 Å². The van der Waals surface area contributed by atoms with Crippen molar-refractivity contribution >= 4 is 28.6 Å². The van der Waals surface area contributed by atoms with Crippen LogP contribution in [0, 0.1) is 13.8 Å². The van der Waals surface area contributed by atoms with E-state index in [0.29, 0.717) is 43.4 Å². The molecule has 1 fully saturated rings. The molecule has 7 nitrogen and oxygen atoms in total. The molecule has 1 amide bonds. The van der Waals surface area contributed by atoms with Gasteiger partial charge in [-0.15, -0.1) is 11.3 Å². The van der Waals surface area contributed by atoms with Gasteiger partial charge in [0.05, 0.1) is 43.4 Å². The highest BCUT2D eigenvalue weighted by atomic mass is 32.1. The molecule has 0 bridgehead atoms. The van der Waals surface area contributed by atoms with E-state index in [2.05, 4.69) is 10.2 Å². The third-order valence-electron chi connectivity index (χ3n) is 5.69. The quantitative estimate of drug-likeness (QED) is 0.501. The fraction of sp³-hybridized carbons (Fsp3) is 0.400. The lowest BCUT2D eigenvalue weighted by Gasteiger charge is -2.31. The van der Waals surface area contributed by atoms with E-state index in [1.54, 1.807) is 11.3 Å². The minimum Gasteiger partial charge on any atom is -0.492 e. The van der Waals surface area contributed by atoms with Crippen LogP contribution in [-0.2, 0) is 4.74 Å². The lowest BCUT2D eigenvalue weighted by atomic mass is 10.1. The Balaban J connectivity index is 1.72. The van der Waals surface area contributed by atoms with Gasteiger partial charge in [-0.2, -0.15) is 0 Å². The maximum atomic E-state index is 13.5. The van der Waals surface area contributed by atoms with Crippen LogP contribution in [0.5, 0.6) is 11.5 Å². The van der Waals surface area contributed by atoms with Crippen molar-refractivity contribution in [3.63, 3.8) is 0 Å². The summed E-state index contributed by atoms with van der Waals surface area (Å²) in [6, 6.07) is 7.76. The Bertz CT molecular complexity index is 1100. The zero-order valence-corrected chi connectivity index (χ0v) is 20.5. The summed E-state index contributed by atoms with van der Waals surface area (Å²) < 4.78 is 19.4. The van der Waals surface area contributed by atoms with Crippen molar-refractivity contribution in [2.45, 2.75) is 27.7 Å². The van der Waals surface area contributed by atoms with Gasteiger partial charge in [0.1, 0.15) is 16.5 Å². The van der Waals surface area contributed by atoms with Crippen LogP contribution in [0.2, 0.25) is 0 Å². The smallest absolute Gasteiger partial charge is 0.259 e. The predicted molar refractivity (Wildman–Crippen MR) is 133 cm³/mol. The van der Waals surface area contributed by atoms with E-state index in [0.717, 1.165) is 40.0 Å². The van der Waals surface area contributed by atoms with Crippen LogP contribution >= 0.6 is 11.3 Å². The number of nitrogens with one attached hydrogen (secondary N) is 1. The minimum absolute atomic E-state index is 0.164. The van der Waals surface area contributed by atoms with E-state index in [4.69, 9.17) is 14.2 Å². The molecule has 3 aromatic rings. The molecule has 0 saturated carbocycles. The van der Waals surface area contributed by atoms with Crippen molar-refractivity contribution in [3.05, 3.63) is 52.7 Å². The molecule has 8 heteroatoms. The van der Waals surface area contributed by atoms with E-state index in [1.807, 2.05) is 68.9 Å². The third kappa shape index (κ3) is 4.86. The van der Waals surface area contributed by atoms with E-state index in [-0.39, 0.29) is 5.91 Å². The van der Waals surface area contributed by atoms with E-state index in [9.17, 15) is 4.79 Å². The van der Waals surface area contributed by atoms with Gasteiger partial charge in [0.2, 0.25) is 0 Å². The number of thiophene rings is 1. The fourth-order valence-corrected chi connectivity index (χ4v) is 5.08. The second-order valence-electron chi connectivity index (χ2n) is 7.79. The number of aryl methyl sites for hydroxylation is 1. The van der Waals surface area contributed by atoms with Crippen molar-refractivity contribution in [2.75, 3.05) is 49.7 Å². The van der Waals surface area contributed by atoms with Gasteiger partial charge in [0, 0.05) is 42.5 Å².